The van der Waals surface area contributed by atoms with Crippen molar-refractivity contribution in [2.45, 2.75) is 58.5 Å². The first-order chi connectivity index (χ1) is 11.1. The van der Waals surface area contributed by atoms with E-state index in [1.54, 1.807) is 0 Å². The van der Waals surface area contributed by atoms with E-state index >= 15 is 0 Å². The minimum absolute atomic E-state index is 0.0871. The highest BCUT2D eigenvalue weighted by molar-refractivity contribution is 5.81. The molecule has 0 aromatic carbocycles. The first-order valence-electron chi connectivity index (χ1n) is 8.85. The Kier molecular flexibility index (Phi) is 6.84. The SMILES string of the molecule is CCC(C)C(N)C(=O)NCc1ccc(N2CCCCCC2)nc1. The molecule has 0 radical (unpaired) electrons. The molecule has 2 unspecified atom stereocenters. The molecular weight excluding hydrogens is 288 g/mol. The lowest BCUT2D eigenvalue weighted by Gasteiger charge is -2.21. The molecule has 0 bridgehead atoms. The van der Waals surface area contributed by atoms with Crippen molar-refractivity contribution >= 4 is 11.7 Å². The summed E-state index contributed by atoms with van der Waals surface area (Å²) in [5, 5.41) is 2.91. The van der Waals surface area contributed by atoms with Crippen molar-refractivity contribution in [2.24, 2.45) is 11.7 Å². The van der Waals surface area contributed by atoms with E-state index in [1.165, 1.54) is 25.7 Å². The summed E-state index contributed by atoms with van der Waals surface area (Å²) < 4.78 is 0. The van der Waals surface area contributed by atoms with Crippen LogP contribution < -0.4 is 16.0 Å². The Morgan fingerprint density at radius 2 is 2.00 bits per heavy atom. The predicted molar refractivity (Wildman–Crippen MR) is 94.2 cm³/mol. The van der Waals surface area contributed by atoms with E-state index in [-0.39, 0.29) is 11.8 Å². The molecule has 1 amide bonds. The average molecular weight is 318 g/mol. The standard InChI is InChI=1S/C18H30N4O/c1-3-14(2)17(19)18(23)21-13-15-8-9-16(20-12-15)22-10-6-4-5-7-11-22/h8-9,12,14,17H,3-7,10-11,13,19H2,1-2H3,(H,21,23). The Labute approximate surface area is 139 Å². The molecule has 128 valence electrons. The second kappa shape index (κ2) is 8.87. The second-order valence-electron chi connectivity index (χ2n) is 6.56. The summed E-state index contributed by atoms with van der Waals surface area (Å²) in [6.45, 7) is 6.71. The lowest BCUT2D eigenvalue weighted by Crippen LogP contribution is -2.44. The second-order valence-corrected chi connectivity index (χ2v) is 6.56. The number of rotatable bonds is 6. The normalized spacial score (nSPS) is 18.1. The van der Waals surface area contributed by atoms with Crippen molar-refractivity contribution in [3.8, 4) is 0 Å². The van der Waals surface area contributed by atoms with Crippen LogP contribution in [0.25, 0.3) is 0 Å². The minimum atomic E-state index is -0.440. The van der Waals surface area contributed by atoms with Gasteiger partial charge in [0.05, 0.1) is 6.04 Å². The van der Waals surface area contributed by atoms with Gasteiger partial charge in [-0.3, -0.25) is 4.79 Å². The van der Waals surface area contributed by atoms with Crippen molar-refractivity contribution < 1.29 is 4.79 Å². The van der Waals surface area contributed by atoms with E-state index < -0.39 is 6.04 Å². The monoisotopic (exact) mass is 318 g/mol. The lowest BCUT2D eigenvalue weighted by atomic mass is 9.99. The van der Waals surface area contributed by atoms with Gasteiger partial charge in [0.15, 0.2) is 0 Å². The number of hydrogen-bond acceptors (Lipinski definition) is 4. The number of carbonyl (C=O) groups excluding carboxylic acids is 1. The molecule has 5 nitrogen and oxygen atoms in total. The van der Waals surface area contributed by atoms with Crippen LogP contribution in [-0.4, -0.2) is 30.0 Å². The van der Waals surface area contributed by atoms with Crippen molar-refractivity contribution in [3.63, 3.8) is 0 Å². The topological polar surface area (TPSA) is 71.2 Å². The summed E-state index contributed by atoms with van der Waals surface area (Å²) >= 11 is 0. The maximum Gasteiger partial charge on any atom is 0.237 e. The van der Waals surface area contributed by atoms with Gasteiger partial charge in [0.1, 0.15) is 5.82 Å². The van der Waals surface area contributed by atoms with Crippen LogP contribution in [0.5, 0.6) is 0 Å². The van der Waals surface area contributed by atoms with Gasteiger partial charge in [-0.25, -0.2) is 4.98 Å². The Morgan fingerprint density at radius 3 is 2.57 bits per heavy atom. The molecule has 2 rings (SSSR count). The molecule has 1 fully saturated rings. The Balaban J connectivity index is 1.86. The molecule has 5 heteroatoms. The number of aromatic nitrogens is 1. The minimum Gasteiger partial charge on any atom is -0.357 e. The van der Waals surface area contributed by atoms with Gasteiger partial charge < -0.3 is 16.0 Å². The molecule has 0 spiro atoms. The molecule has 1 saturated heterocycles. The molecule has 2 atom stereocenters. The van der Waals surface area contributed by atoms with Crippen LogP contribution in [0.1, 0.15) is 51.5 Å². The predicted octanol–water partition coefficient (Wildman–Crippen LogP) is 2.45. The zero-order chi connectivity index (χ0) is 16.7. The first-order valence-corrected chi connectivity index (χ1v) is 8.85. The highest BCUT2D eigenvalue weighted by atomic mass is 16.2. The number of nitrogens with two attached hydrogens (primary N) is 1. The van der Waals surface area contributed by atoms with Gasteiger partial charge in [0.2, 0.25) is 5.91 Å². The maximum atomic E-state index is 12.0. The number of carbonyl (C=O) groups is 1. The number of amides is 1. The molecule has 1 aliphatic rings. The Bertz CT molecular complexity index is 480. The van der Waals surface area contributed by atoms with E-state index in [9.17, 15) is 4.79 Å². The van der Waals surface area contributed by atoms with E-state index in [4.69, 9.17) is 5.73 Å². The van der Waals surface area contributed by atoms with Crippen LogP contribution in [0.15, 0.2) is 18.3 Å². The Morgan fingerprint density at radius 1 is 1.30 bits per heavy atom. The smallest absolute Gasteiger partial charge is 0.237 e. The Hall–Kier alpha value is -1.62. The van der Waals surface area contributed by atoms with Crippen molar-refractivity contribution in [1.82, 2.24) is 10.3 Å². The van der Waals surface area contributed by atoms with Gasteiger partial charge in [0.25, 0.3) is 0 Å². The third-order valence-electron chi connectivity index (χ3n) is 4.77. The largest absolute Gasteiger partial charge is 0.357 e. The summed E-state index contributed by atoms with van der Waals surface area (Å²) in [6.07, 6.45) is 7.88. The quantitative estimate of drug-likeness (QED) is 0.845. The average Bonchev–Trinajstić information content (AvgIpc) is 2.88. The van der Waals surface area contributed by atoms with Gasteiger partial charge in [-0.1, -0.05) is 39.2 Å². The number of pyridine rings is 1. The first kappa shape index (κ1) is 17.7. The molecule has 3 N–H and O–H groups in total. The molecule has 23 heavy (non-hydrogen) atoms. The van der Waals surface area contributed by atoms with E-state index in [1.807, 2.05) is 26.1 Å². The third-order valence-corrected chi connectivity index (χ3v) is 4.77. The van der Waals surface area contributed by atoms with Gasteiger partial charge in [-0.2, -0.15) is 0 Å². The van der Waals surface area contributed by atoms with Gasteiger partial charge >= 0.3 is 0 Å². The van der Waals surface area contributed by atoms with Gasteiger partial charge in [0, 0.05) is 25.8 Å². The van der Waals surface area contributed by atoms with E-state index in [2.05, 4.69) is 21.3 Å². The molecule has 0 saturated carbocycles. The van der Waals surface area contributed by atoms with Crippen LogP contribution in [0.2, 0.25) is 0 Å². The van der Waals surface area contributed by atoms with Gasteiger partial charge in [-0.15, -0.1) is 0 Å². The van der Waals surface area contributed by atoms with Crippen LogP contribution in [0.4, 0.5) is 5.82 Å². The van der Waals surface area contributed by atoms with Crippen LogP contribution in [-0.2, 0) is 11.3 Å². The van der Waals surface area contributed by atoms with Crippen LogP contribution >= 0.6 is 0 Å². The van der Waals surface area contributed by atoms with Crippen molar-refractivity contribution in [2.75, 3.05) is 18.0 Å². The lowest BCUT2D eigenvalue weighted by molar-refractivity contribution is -0.123. The highest BCUT2D eigenvalue weighted by Gasteiger charge is 2.19. The summed E-state index contributed by atoms with van der Waals surface area (Å²) in [5.74, 6) is 1.15. The number of nitrogens with one attached hydrogen (secondary N) is 1. The molecule has 2 heterocycles. The third kappa shape index (κ3) is 5.20. The highest BCUT2D eigenvalue weighted by Crippen LogP contribution is 2.17. The molecule has 1 aromatic heterocycles. The summed E-state index contributed by atoms with van der Waals surface area (Å²) in [5.41, 5.74) is 6.95. The van der Waals surface area contributed by atoms with Crippen LogP contribution in [0, 0.1) is 5.92 Å². The van der Waals surface area contributed by atoms with Gasteiger partial charge in [-0.05, 0) is 30.4 Å². The summed E-state index contributed by atoms with van der Waals surface area (Å²) in [7, 11) is 0. The summed E-state index contributed by atoms with van der Waals surface area (Å²) in [4.78, 5) is 18.9. The number of hydrogen-bond donors (Lipinski definition) is 2. The fourth-order valence-electron chi connectivity index (χ4n) is 2.83. The number of anilines is 1. The zero-order valence-electron chi connectivity index (χ0n) is 14.4. The fourth-order valence-corrected chi connectivity index (χ4v) is 2.83. The molecule has 0 aliphatic carbocycles. The van der Waals surface area contributed by atoms with Crippen LogP contribution in [0.3, 0.4) is 0 Å². The van der Waals surface area contributed by atoms with E-state index in [0.29, 0.717) is 6.54 Å². The zero-order valence-corrected chi connectivity index (χ0v) is 14.4. The number of nitrogens with zero attached hydrogens (tertiary/aromatic N) is 2. The molecular formula is C18H30N4O. The molecule has 1 aromatic rings. The van der Waals surface area contributed by atoms with Crippen molar-refractivity contribution in [3.05, 3.63) is 23.9 Å². The maximum absolute atomic E-state index is 12.0. The summed E-state index contributed by atoms with van der Waals surface area (Å²) in [6, 6.07) is 3.66. The van der Waals surface area contributed by atoms with Crippen molar-refractivity contribution in [1.29, 1.82) is 0 Å². The molecule has 1 aliphatic heterocycles. The van der Waals surface area contributed by atoms with E-state index in [0.717, 1.165) is 30.9 Å². The fraction of sp³-hybridized carbons (Fsp3) is 0.667.